The van der Waals surface area contributed by atoms with Crippen LogP contribution in [0.1, 0.15) is 17.5 Å². The van der Waals surface area contributed by atoms with Crippen LogP contribution in [0.5, 0.6) is 5.75 Å². The molecule has 5 nitrogen and oxygen atoms in total. The number of carbonyl (C=O) groups excluding carboxylic acids is 2. The van der Waals surface area contributed by atoms with E-state index in [0.29, 0.717) is 5.04 Å². The van der Waals surface area contributed by atoms with Gasteiger partial charge in [-0.1, -0.05) is 47.7 Å². The van der Waals surface area contributed by atoms with Crippen LogP contribution in [0, 0.1) is 13.8 Å². The molecule has 0 bridgehead atoms. The van der Waals surface area contributed by atoms with Crippen LogP contribution in [0.25, 0.3) is 0 Å². The number of aryl methyl sites for hydroxylation is 2. The Morgan fingerprint density at radius 3 is 2.69 bits per heavy atom. The van der Waals surface area contributed by atoms with E-state index in [9.17, 15) is 9.59 Å². The van der Waals surface area contributed by atoms with E-state index >= 15 is 0 Å². The Labute approximate surface area is 156 Å². The minimum Gasteiger partial charge on any atom is -0.487 e. The van der Waals surface area contributed by atoms with Crippen LogP contribution >= 0.6 is 11.8 Å². The molecule has 1 N–H and O–H groups in total. The Morgan fingerprint density at radius 2 is 1.96 bits per heavy atom. The van der Waals surface area contributed by atoms with Crippen molar-refractivity contribution in [1.29, 1.82) is 0 Å². The molecule has 0 saturated heterocycles. The zero-order valence-electron chi connectivity index (χ0n) is 14.7. The third-order valence-corrected chi connectivity index (χ3v) is 5.05. The molecule has 1 heterocycles. The SMILES string of the molecule is Cc1ccc(NC(=O)C[C@H]2SC(COc3ccccc3)=NC2=O)c(C)c1. The van der Waals surface area contributed by atoms with Crippen molar-refractivity contribution in [3.05, 3.63) is 59.7 Å². The number of nitrogens with one attached hydrogen (secondary N) is 1. The van der Waals surface area contributed by atoms with Crippen molar-refractivity contribution >= 4 is 34.3 Å². The third-order valence-electron chi connectivity index (χ3n) is 3.92. The summed E-state index contributed by atoms with van der Waals surface area (Å²) in [6, 6.07) is 15.2. The minimum absolute atomic E-state index is 0.0924. The molecule has 3 rings (SSSR count). The van der Waals surface area contributed by atoms with Crippen LogP contribution in [0.4, 0.5) is 5.69 Å². The van der Waals surface area contributed by atoms with Gasteiger partial charge in [-0.3, -0.25) is 9.59 Å². The van der Waals surface area contributed by atoms with Gasteiger partial charge < -0.3 is 10.1 Å². The summed E-state index contributed by atoms with van der Waals surface area (Å²) in [5, 5.41) is 2.98. The average molecular weight is 368 g/mol. The molecule has 6 heteroatoms. The number of ether oxygens (including phenoxy) is 1. The first-order chi connectivity index (χ1) is 12.5. The third kappa shape index (κ3) is 4.73. The topological polar surface area (TPSA) is 67.8 Å². The van der Waals surface area contributed by atoms with Crippen molar-refractivity contribution < 1.29 is 14.3 Å². The fraction of sp³-hybridized carbons (Fsp3) is 0.250. The summed E-state index contributed by atoms with van der Waals surface area (Å²) in [6.45, 7) is 4.18. The van der Waals surface area contributed by atoms with Crippen LogP contribution in [-0.4, -0.2) is 28.7 Å². The zero-order valence-corrected chi connectivity index (χ0v) is 15.5. The van der Waals surface area contributed by atoms with Crippen LogP contribution in [-0.2, 0) is 9.59 Å². The molecule has 26 heavy (non-hydrogen) atoms. The number of anilines is 1. The smallest absolute Gasteiger partial charge is 0.260 e. The van der Waals surface area contributed by atoms with Gasteiger partial charge in [0, 0.05) is 12.1 Å². The van der Waals surface area contributed by atoms with Crippen LogP contribution in [0.3, 0.4) is 0 Å². The van der Waals surface area contributed by atoms with E-state index < -0.39 is 5.25 Å². The van der Waals surface area contributed by atoms with Crippen LogP contribution in [0.15, 0.2) is 53.5 Å². The van der Waals surface area contributed by atoms with E-state index in [1.54, 1.807) is 0 Å². The van der Waals surface area contributed by atoms with Gasteiger partial charge in [-0.2, -0.15) is 0 Å². The number of nitrogens with zero attached hydrogens (tertiary/aromatic N) is 1. The fourth-order valence-corrected chi connectivity index (χ4v) is 3.60. The molecule has 0 fully saturated rings. The van der Waals surface area contributed by atoms with Crippen molar-refractivity contribution in [3.8, 4) is 5.75 Å². The van der Waals surface area contributed by atoms with Crippen molar-refractivity contribution in [2.75, 3.05) is 11.9 Å². The summed E-state index contributed by atoms with van der Waals surface area (Å²) in [6.07, 6.45) is 0.0924. The summed E-state index contributed by atoms with van der Waals surface area (Å²) >= 11 is 1.30. The van der Waals surface area contributed by atoms with Gasteiger partial charge in [0.15, 0.2) is 0 Å². The molecule has 134 valence electrons. The second-order valence-electron chi connectivity index (χ2n) is 6.12. The number of aliphatic imine (C=N–C) groups is 1. The van der Waals surface area contributed by atoms with E-state index in [2.05, 4.69) is 10.3 Å². The van der Waals surface area contributed by atoms with Gasteiger partial charge in [-0.05, 0) is 37.6 Å². The van der Waals surface area contributed by atoms with Crippen molar-refractivity contribution in [3.63, 3.8) is 0 Å². The minimum atomic E-state index is -0.491. The van der Waals surface area contributed by atoms with Gasteiger partial charge in [-0.25, -0.2) is 4.99 Å². The van der Waals surface area contributed by atoms with Crippen LogP contribution in [0.2, 0.25) is 0 Å². The number of amides is 2. The molecule has 0 radical (unpaired) electrons. The first-order valence-corrected chi connectivity index (χ1v) is 9.22. The lowest BCUT2D eigenvalue weighted by atomic mass is 10.1. The van der Waals surface area contributed by atoms with E-state index in [-0.39, 0.29) is 24.8 Å². The molecule has 1 aliphatic rings. The van der Waals surface area contributed by atoms with Crippen LogP contribution < -0.4 is 10.1 Å². The Morgan fingerprint density at radius 1 is 1.19 bits per heavy atom. The maximum atomic E-state index is 12.3. The number of benzene rings is 2. The molecule has 0 aromatic heterocycles. The molecule has 0 unspecified atom stereocenters. The Bertz CT molecular complexity index is 849. The highest BCUT2D eigenvalue weighted by Crippen LogP contribution is 2.26. The van der Waals surface area contributed by atoms with E-state index in [1.807, 2.05) is 62.4 Å². The summed E-state index contributed by atoms with van der Waals surface area (Å²) in [4.78, 5) is 28.3. The normalized spacial score (nSPS) is 16.3. The lowest BCUT2D eigenvalue weighted by Crippen LogP contribution is -2.21. The monoisotopic (exact) mass is 368 g/mol. The van der Waals surface area contributed by atoms with E-state index in [0.717, 1.165) is 22.6 Å². The van der Waals surface area contributed by atoms with Gasteiger partial charge in [0.25, 0.3) is 5.91 Å². The van der Waals surface area contributed by atoms with Crippen molar-refractivity contribution in [2.45, 2.75) is 25.5 Å². The first kappa shape index (κ1) is 18.2. The maximum Gasteiger partial charge on any atom is 0.260 e. The van der Waals surface area contributed by atoms with E-state index in [4.69, 9.17) is 4.74 Å². The zero-order chi connectivity index (χ0) is 18.5. The quantitative estimate of drug-likeness (QED) is 0.843. The lowest BCUT2D eigenvalue weighted by Gasteiger charge is -2.11. The summed E-state index contributed by atoms with van der Waals surface area (Å²) < 4.78 is 5.61. The fourth-order valence-electron chi connectivity index (χ4n) is 2.62. The van der Waals surface area contributed by atoms with Crippen molar-refractivity contribution in [1.82, 2.24) is 0 Å². The van der Waals surface area contributed by atoms with Gasteiger partial charge >= 0.3 is 0 Å². The largest absolute Gasteiger partial charge is 0.487 e. The summed E-state index contributed by atoms with van der Waals surface area (Å²) in [7, 11) is 0. The van der Waals surface area contributed by atoms with Gasteiger partial charge in [0.1, 0.15) is 22.7 Å². The Balaban J connectivity index is 1.51. The maximum absolute atomic E-state index is 12.3. The molecule has 0 saturated carbocycles. The molecule has 1 aliphatic heterocycles. The second kappa shape index (κ2) is 8.19. The predicted molar refractivity (Wildman–Crippen MR) is 105 cm³/mol. The first-order valence-electron chi connectivity index (χ1n) is 8.34. The highest BCUT2D eigenvalue weighted by atomic mass is 32.2. The molecular weight excluding hydrogens is 348 g/mol. The van der Waals surface area contributed by atoms with Gasteiger partial charge in [0.05, 0.1) is 0 Å². The number of hydrogen-bond acceptors (Lipinski definition) is 4. The van der Waals surface area contributed by atoms with Crippen molar-refractivity contribution in [2.24, 2.45) is 4.99 Å². The van der Waals surface area contributed by atoms with E-state index in [1.165, 1.54) is 11.8 Å². The average Bonchev–Trinajstić information content (AvgIpc) is 2.96. The highest BCUT2D eigenvalue weighted by molar-refractivity contribution is 8.15. The summed E-state index contributed by atoms with van der Waals surface area (Å²) in [5.41, 5.74) is 2.90. The number of para-hydroxylation sites is 1. The Kier molecular flexibility index (Phi) is 5.73. The molecule has 2 aromatic carbocycles. The molecule has 1 atom stereocenters. The van der Waals surface area contributed by atoms with Gasteiger partial charge in [-0.15, -0.1) is 0 Å². The molecule has 2 aromatic rings. The molecule has 0 spiro atoms. The molecule has 2 amide bonds. The number of thioether (sulfide) groups is 1. The highest BCUT2D eigenvalue weighted by Gasteiger charge is 2.30. The number of rotatable bonds is 6. The number of carbonyl (C=O) groups is 2. The number of hydrogen-bond donors (Lipinski definition) is 1. The Hall–Kier alpha value is -2.60. The molecular formula is C20H20N2O3S. The molecule has 0 aliphatic carbocycles. The predicted octanol–water partition coefficient (Wildman–Crippen LogP) is 3.75. The standard InChI is InChI=1S/C20H20N2O3S/c1-13-8-9-16(14(2)10-13)21-18(23)11-17-20(24)22-19(26-17)12-25-15-6-4-3-5-7-15/h3-10,17H,11-12H2,1-2H3,(H,21,23)/t17-/m1/s1. The lowest BCUT2D eigenvalue weighted by molar-refractivity contribution is -0.121. The second-order valence-corrected chi connectivity index (χ2v) is 7.40. The van der Waals surface area contributed by atoms with Gasteiger partial charge in [0.2, 0.25) is 5.91 Å². The summed E-state index contributed by atoms with van der Waals surface area (Å²) in [5.74, 6) is 0.250.